The van der Waals surface area contributed by atoms with E-state index in [1.807, 2.05) is 0 Å². The number of ether oxygens (including phenoxy) is 2. The highest BCUT2D eigenvalue weighted by molar-refractivity contribution is 7.89. The van der Waals surface area contributed by atoms with Crippen LogP contribution in [0.4, 0.5) is 0 Å². The number of sulfonamides is 1. The molecule has 30 heavy (non-hydrogen) atoms. The van der Waals surface area contributed by atoms with Gasteiger partial charge in [-0.3, -0.25) is 4.79 Å². The molecule has 0 unspecified atom stereocenters. The smallest absolute Gasteiger partial charge is 0.272 e. The summed E-state index contributed by atoms with van der Waals surface area (Å²) in [6.45, 7) is 1.35. The van der Waals surface area contributed by atoms with Crippen molar-refractivity contribution < 1.29 is 22.7 Å². The van der Waals surface area contributed by atoms with Crippen LogP contribution in [0.5, 0.6) is 5.75 Å². The van der Waals surface area contributed by atoms with Crippen molar-refractivity contribution in [2.24, 2.45) is 0 Å². The van der Waals surface area contributed by atoms with Crippen LogP contribution in [0, 0.1) is 0 Å². The van der Waals surface area contributed by atoms with E-state index in [1.54, 1.807) is 42.3 Å². The number of benzene rings is 1. The van der Waals surface area contributed by atoms with Gasteiger partial charge in [-0.15, -0.1) is 0 Å². The Bertz CT molecular complexity index is 1000. The summed E-state index contributed by atoms with van der Waals surface area (Å²) in [5.74, 6) is 0.156. The minimum Gasteiger partial charge on any atom is -0.487 e. The Morgan fingerprint density at radius 3 is 2.80 bits per heavy atom. The highest BCUT2D eigenvalue weighted by atomic mass is 32.2. The molecule has 9 nitrogen and oxygen atoms in total. The molecule has 0 saturated carbocycles. The summed E-state index contributed by atoms with van der Waals surface area (Å²) in [7, 11) is -2.22. The first kappa shape index (κ1) is 20.7. The predicted octanol–water partition coefficient (Wildman–Crippen LogP) is 1.18. The number of carbonyl (C=O) groups is 1. The van der Waals surface area contributed by atoms with E-state index < -0.39 is 16.1 Å². The molecule has 1 aromatic carbocycles. The van der Waals surface area contributed by atoms with E-state index in [9.17, 15) is 13.2 Å². The molecule has 0 spiro atoms. The molecular weight excluding hydrogens is 408 g/mol. The molecule has 160 valence electrons. The van der Waals surface area contributed by atoms with Crippen molar-refractivity contribution in [3.8, 4) is 5.75 Å². The topological polar surface area (TPSA) is 102 Å². The summed E-state index contributed by atoms with van der Waals surface area (Å²) in [5.41, 5.74) is 0.321. The van der Waals surface area contributed by atoms with Gasteiger partial charge in [0.25, 0.3) is 5.91 Å². The fraction of sp³-hybridized carbons (Fsp3) is 0.450. The third-order valence-electron chi connectivity index (χ3n) is 5.50. The largest absolute Gasteiger partial charge is 0.487 e. The van der Waals surface area contributed by atoms with Gasteiger partial charge in [-0.05, 0) is 24.6 Å². The number of methoxy groups -OCH3 is 1. The third kappa shape index (κ3) is 3.90. The normalized spacial score (nSPS) is 23.4. The number of amides is 1. The van der Waals surface area contributed by atoms with Crippen molar-refractivity contribution in [1.82, 2.24) is 19.2 Å². The summed E-state index contributed by atoms with van der Waals surface area (Å²) in [5, 5.41) is 0. The third-order valence-corrected chi connectivity index (χ3v) is 7.46. The number of rotatable bonds is 4. The quantitative estimate of drug-likeness (QED) is 0.715. The van der Waals surface area contributed by atoms with Crippen molar-refractivity contribution in [3.63, 3.8) is 0 Å². The fourth-order valence-electron chi connectivity index (χ4n) is 4.01. The maximum absolute atomic E-state index is 13.4. The van der Waals surface area contributed by atoms with E-state index in [0.29, 0.717) is 37.4 Å². The van der Waals surface area contributed by atoms with Crippen LogP contribution >= 0.6 is 0 Å². The van der Waals surface area contributed by atoms with Gasteiger partial charge in [-0.1, -0.05) is 12.1 Å². The zero-order chi connectivity index (χ0) is 21.1. The Hall–Kier alpha value is -2.56. The van der Waals surface area contributed by atoms with Gasteiger partial charge in [-0.25, -0.2) is 18.4 Å². The van der Waals surface area contributed by atoms with Gasteiger partial charge in [0.1, 0.15) is 28.8 Å². The van der Waals surface area contributed by atoms with Crippen molar-refractivity contribution in [2.75, 3.05) is 33.4 Å². The molecule has 1 saturated heterocycles. The van der Waals surface area contributed by atoms with Gasteiger partial charge in [0.05, 0.1) is 12.6 Å². The highest BCUT2D eigenvalue weighted by Crippen LogP contribution is 2.36. The molecule has 2 aliphatic heterocycles. The van der Waals surface area contributed by atoms with E-state index in [0.717, 1.165) is 0 Å². The van der Waals surface area contributed by atoms with Crippen LogP contribution in [-0.2, 0) is 14.8 Å². The molecule has 0 radical (unpaired) electrons. The van der Waals surface area contributed by atoms with Gasteiger partial charge >= 0.3 is 0 Å². The number of aromatic nitrogens is 2. The molecule has 3 heterocycles. The van der Waals surface area contributed by atoms with Crippen LogP contribution in [0.1, 0.15) is 23.3 Å². The zero-order valence-electron chi connectivity index (χ0n) is 16.7. The standard InChI is InChI=1S/C20H24N4O5S/c1-28-13-12-24-16-7-10-23(20(25)15-6-9-21-14-22-15)11-8-17(16)29-18-4-2-3-5-19(18)30(24,26)27/h2-6,9,14,16-17H,7-8,10-13H2,1H3/t16-,17-/m1/s1. The molecule has 1 fully saturated rings. The molecule has 1 amide bonds. The van der Waals surface area contributed by atoms with Gasteiger partial charge in [0, 0.05) is 39.4 Å². The van der Waals surface area contributed by atoms with E-state index in [2.05, 4.69) is 9.97 Å². The molecule has 4 rings (SSSR count). The first-order chi connectivity index (χ1) is 14.5. The Kier molecular flexibility index (Phi) is 5.98. The summed E-state index contributed by atoms with van der Waals surface area (Å²) in [6, 6.07) is 7.88. The first-order valence-corrected chi connectivity index (χ1v) is 11.3. The summed E-state index contributed by atoms with van der Waals surface area (Å²) in [6.07, 6.45) is 3.46. The van der Waals surface area contributed by atoms with E-state index >= 15 is 0 Å². The molecule has 2 aromatic rings. The monoisotopic (exact) mass is 432 g/mol. The maximum Gasteiger partial charge on any atom is 0.272 e. The summed E-state index contributed by atoms with van der Waals surface area (Å²) < 4.78 is 39.7. The molecule has 2 atom stereocenters. The average molecular weight is 433 g/mol. The van der Waals surface area contributed by atoms with E-state index in [4.69, 9.17) is 9.47 Å². The first-order valence-electron chi connectivity index (χ1n) is 9.84. The van der Waals surface area contributed by atoms with Crippen molar-refractivity contribution in [3.05, 3.63) is 48.5 Å². The molecule has 1 aromatic heterocycles. The van der Waals surface area contributed by atoms with Gasteiger partial charge in [-0.2, -0.15) is 4.31 Å². The minimum atomic E-state index is -3.76. The van der Waals surface area contributed by atoms with Gasteiger partial charge < -0.3 is 14.4 Å². The lowest BCUT2D eigenvalue weighted by molar-refractivity contribution is 0.0749. The van der Waals surface area contributed by atoms with Gasteiger partial charge in [0.2, 0.25) is 10.0 Å². The number of fused-ring (bicyclic) bond motifs is 2. The fourth-order valence-corrected chi connectivity index (χ4v) is 5.79. The Morgan fingerprint density at radius 2 is 2.03 bits per heavy atom. The summed E-state index contributed by atoms with van der Waals surface area (Å²) >= 11 is 0. The number of nitrogens with zero attached hydrogens (tertiary/aromatic N) is 4. The van der Waals surface area contributed by atoms with Crippen molar-refractivity contribution >= 4 is 15.9 Å². The molecular formula is C20H24N4O5S. The molecule has 0 N–H and O–H groups in total. The van der Waals surface area contributed by atoms with Crippen LogP contribution < -0.4 is 4.74 Å². The van der Waals surface area contributed by atoms with Crippen LogP contribution in [0.3, 0.4) is 0 Å². The zero-order valence-corrected chi connectivity index (χ0v) is 17.5. The number of hydrogen-bond acceptors (Lipinski definition) is 7. The Labute approximate surface area is 175 Å². The van der Waals surface area contributed by atoms with Crippen LogP contribution in [0.2, 0.25) is 0 Å². The molecule has 10 heteroatoms. The minimum absolute atomic E-state index is 0.170. The second kappa shape index (κ2) is 8.66. The van der Waals surface area contributed by atoms with Crippen LogP contribution in [0.15, 0.2) is 47.8 Å². The Balaban J connectivity index is 1.65. The van der Waals surface area contributed by atoms with Crippen LogP contribution in [-0.4, -0.2) is 79.0 Å². The second-order valence-electron chi connectivity index (χ2n) is 7.24. The Morgan fingerprint density at radius 1 is 1.23 bits per heavy atom. The predicted molar refractivity (Wildman–Crippen MR) is 108 cm³/mol. The number of para-hydroxylation sites is 1. The lowest BCUT2D eigenvalue weighted by Crippen LogP contribution is -2.48. The number of hydrogen-bond donors (Lipinski definition) is 0. The average Bonchev–Trinajstić information content (AvgIpc) is 3.01. The molecule has 2 aliphatic rings. The van der Waals surface area contributed by atoms with Gasteiger partial charge in [0.15, 0.2) is 0 Å². The lowest BCUT2D eigenvalue weighted by atomic mass is 10.1. The number of carbonyl (C=O) groups excluding carboxylic acids is 1. The van der Waals surface area contributed by atoms with Crippen LogP contribution in [0.25, 0.3) is 0 Å². The van der Waals surface area contributed by atoms with E-state index in [-0.39, 0.29) is 30.1 Å². The molecule has 0 aliphatic carbocycles. The summed E-state index contributed by atoms with van der Waals surface area (Å²) in [4.78, 5) is 22.6. The van der Waals surface area contributed by atoms with Crippen molar-refractivity contribution in [2.45, 2.75) is 29.9 Å². The number of likely N-dealkylation sites (tertiary alicyclic amines) is 1. The highest BCUT2D eigenvalue weighted by Gasteiger charge is 2.43. The second-order valence-corrected chi connectivity index (χ2v) is 9.10. The lowest BCUT2D eigenvalue weighted by Gasteiger charge is -2.31. The molecule has 0 bridgehead atoms. The SMILES string of the molecule is COCCN1[C@@H]2CCN(C(=O)c3ccncn3)CC[C@H]2Oc2ccccc2S1(=O)=O. The van der Waals surface area contributed by atoms with E-state index in [1.165, 1.54) is 16.8 Å². The maximum atomic E-state index is 13.4. The van der Waals surface area contributed by atoms with Crippen molar-refractivity contribution in [1.29, 1.82) is 0 Å².